The second-order valence-corrected chi connectivity index (χ2v) is 6.64. The lowest BCUT2D eigenvalue weighted by Gasteiger charge is -2.16. The number of hydrogen-bond acceptors (Lipinski definition) is 6. The molecule has 0 amide bonds. The molecule has 0 aliphatic carbocycles. The molecule has 6 nitrogen and oxygen atoms in total. The summed E-state index contributed by atoms with van der Waals surface area (Å²) in [4.78, 5) is 6.54. The predicted octanol–water partition coefficient (Wildman–Crippen LogP) is 2.41. The van der Waals surface area contributed by atoms with Crippen LogP contribution in [-0.2, 0) is 13.0 Å². The number of aromatic nitrogens is 5. The maximum absolute atomic E-state index is 4.32. The predicted molar refractivity (Wildman–Crippen MR) is 90.8 cm³/mol. The highest BCUT2D eigenvalue weighted by Crippen LogP contribution is 2.19. The van der Waals surface area contributed by atoms with Crippen molar-refractivity contribution in [3.8, 4) is 5.69 Å². The van der Waals surface area contributed by atoms with E-state index >= 15 is 0 Å². The van der Waals surface area contributed by atoms with Crippen LogP contribution < -0.4 is 0 Å². The SMILES string of the molecule is Cc1cccc(C)c1-n1nnnc1CN(C)CCc1nccs1. The van der Waals surface area contributed by atoms with Crippen molar-refractivity contribution >= 4 is 11.3 Å². The van der Waals surface area contributed by atoms with Gasteiger partial charge in [-0.05, 0) is 42.4 Å². The van der Waals surface area contributed by atoms with Crippen LogP contribution in [0, 0.1) is 13.8 Å². The molecule has 120 valence electrons. The minimum Gasteiger partial charge on any atom is -0.299 e. The Kier molecular flexibility index (Phi) is 4.78. The van der Waals surface area contributed by atoms with Crippen molar-refractivity contribution in [1.82, 2.24) is 30.1 Å². The van der Waals surface area contributed by atoms with Crippen LogP contribution in [0.4, 0.5) is 0 Å². The van der Waals surface area contributed by atoms with Crippen molar-refractivity contribution in [1.29, 1.82) is 0 Å². The van der Waals surface area contributed by atoms with Crippen molar-refractivity contribution in [3.05, 3.63) is 51.7 Å². The Morgan fingerprint density at radius 3 is 2.70 bits per heavy atom. The third kappa shape index (κ3) is 3.62. The van der Waals surface area contributed by atoms with Crippen LogP contribution in [0.15, 0.2) is 29.8 Å². The number of hydrogen-bond donors (Lipinski definition) is 0. The van der Waals surface area contributed by atoms with Gasteiger partial charge in [0, 0.05) is 24.5 Å². The molecule has 0 radical (unpaired) electrons. The molecule has 0 aliphatic heterocycles. The van der Waals surface area contributed by atoms with Crippen molar-refractivity contribution in [2.45, 2.75) is 26.8 Å². The van der Waals surface area contributed by atoms with Gasteiger partial charge in [0.05, 0.1) is 17.2 Å². The second-order valence-electron chi connectivity index (χ2n) is 5.66. The van der Waals surface area contributed by atoms with E-state index in [0.717, 1.165) is 29.5 Å². The molecule has 0 saturated carbocycles. The number of thiazole rings is 1. The lowest BCUT2D eigenvalue weighted by Crippen LogP contribution is -2.23. The van der Waals surface area contributed by atoms with E-state index in [1.807, 2.05) is 16.3 Å². The van der Waals surface area contributed by atoms with Gasteiger partial charge in [-0.3, -0.25) is 4.90 Å². The largest absolute Gasteiger partial charge is 0.299 e. The molecule has 3 aromatic rings. The molecule has 0 bridgehead atoms. The van der Waals surface area contributed by atoms with E-state index in [0.29, 0.717) is 6.54 Å². The van der Waals surface area contributed by atoms with Gasteiger partial charge in [-0.1, -0.05) is 18.2 Å². The van der Waals surface area contributed by atoms with Gasteiger partial charge in [0.1, 0.15) is 0 Å². The molecule has 0 atom stereocenters. The van der Waals surface area contributed by atoms with E-state index in [4.69, 9.17) is 0 Å². The third-order valence-corrected chi connectivity index (χ3v) is 4.63. The van der Waals surface area contributed by atoms with Gasteiger partial charge in [0.2, 0.25) is 0 Å². The van der Waals surface area contributed by atoms with E-state index in [1.165, 1.54) is 11.1 Å². The fourth-order valence-corrected chi connectivity index (χ4v) is 3.21. The maximum atomic E-state index is 4.32. The van der Waals surface area contributed by atoms with Gasteiger partial charge < -0.3 is 0 Å². The first-order chi connectivity index (χ1) is 11.1. The first-order valence-corrected chi connectivity index (χ1v) is 8.44. The maximum Gasteiger partial charge on any atom is 0.170 e. The molecule has 7 heteroatoms. The van der Waals surface area contributed by atoms with Crippen molar-refractivity contribution in [3.63, 3.8) is 0 Å². The molecule has 0 saturated heterocycles. The Morgan fingerprint density at radius 1 is 1.22 bits per heavy atom. The van der Waals surface area contributed by atoms with E-state index in [1.54, 1.807) is 11.3 Å². The minimum absolute atomic E-state index is 0.701. The highest BCUT2D eigenvalue weighted by molar-refractivity contribution is 7.09. The number of benzene rings is 1. The summed E-state index contributed by atoms with van der Waals surface area (Å²) in [6.45, 7) is 5.79. The molecule has 0 N–H and O–H groups in total. The Balaban J connectivity index is 1.73. The van der Waals surface area contributed by atoms with E-state index in [9.17, 15) is 0 Å². The van der Waals surface area contributed by atoms with Crippen molar-refractivity contribution in [2.75, 3.05) is 13.6 Å². The quantitative estimate of drug-likeness (QED) is 0.695. The van der Waals surface area contributed by atoms with E-state index in [2.05, 4.69) is 64.5 Å². The summed E-state index contributed by atoms with van der Waals surface area (Å²) in [5.41, 5.74) is 3.41. The fraction of sp³-hybridized carbons (Fsp3) is 0.375. The van der Waals surface area contributed by atoms with Gasteiger partial charge in [-0.15, -0.1) is 16.4 Å². The van der Waals surface area contributed by atoms with Gasteiger partial charge in [0.15, 0.2) is 5.82 Å². The van der Waals surface area contributed by atoms with Gasteiger partial charge >= 0.3 is 0 Å². The lowest BCUT2D eigenvalue weighted by molar-refractivity contribution is 0.319. The molecule has 2 heterocycles. The molecule has 0 fully saturated rings. The molecular formula is C16H20N6S. The van der Waals surface area contributed by atoms with Crippen LogP contribution >= 0.6 is 11.3 Å². The zero-order valence-electron chi connectivity index (χ0n) is 13.6. The highest BCUT2D eigenvalue weighted by atomic mass is 32.1. The Morgan fingerprint density at radius 2 is 2.00 bits per heavy atom. The summed E-state index contributed by atoms with van der Waals surface area (Å²) in [5, 5.41) is 15.4. The third-order valence-electron chi connectivity index (χ3n) is 3.79. The second kappa shape index (κ2) is 6.97. The van der Waals surface area contributed by atoms with Crippen LogP contribution in [0.5, 0.6) is 0 Å². The number of para-hydroxylation sites is 1. The summed E-state index contributed by atoms with van der Waals surface area (Å²) < 4.78 is 1.85. The fourth-order valence-electron chi connectivity index (χ4n) is 2.60. The standard InChI is InChI=1S/C16H20N6S/c1-12-5-4-6-13(2)16(12)22-14(18-19-20-22)11-21(3)9-7-15-17-8-10-23-15/h4-6,8,10H,7,9,11H2,1-3H3. The van der Waals surface area contributed by atoms with Crippen LogP contribution in [0.3, 0.4) is 0 Å². The summed E-state index contributed by atoms with van der Waals surface area (Å²) in [7, 11) is 2.08. The Bertz CT molecular complexity index is 744. The van der Waals surface area contributed by atoms with Crippen LogP contribution in [0.25, 0.3) is 5.69 Å². The number of nitrogens with zero attached hydrogens (tertiary/aromatic N) is 6. The molecule has 0 unspecified atom stereocenters. The Labute approximate surface area is 139 Å². The van der Waals surface area contributed by atoms with E-state index in [-0.39, 0.29) is 0 Å². The summed E-state index contributed by atoms with van der Waals surface area (Å²) in [6, 6.07) is 6.22. The number of aryl methyl sites for hydroxylation is 2. The smallest absolute Gasteiger partial charge is 0.170 e. The number of rotatable bonds is 6. The van der Waals surface area contributed by atoms with Gasteiger partial charge in [0.25, 0.3) is 0 Å². The molecule has 1 aromatic carbocycles. The number of likely N-dealkylation sites (N-methyl/N-ethyl adjacent to an activating group) is 1. The molecule has 3 rings (SSSR count). The topological polar surface area (TPSA) is 59.7 Å². The molecule has 2 aromatic heterocycles. The molecule has 0 aliphatic rings. The average Bonchev–Trinajstić information content (AvgIpc) is 3.17. The summed E-state index contributed by atoms with van der Waals surface area (Å²) >= 11 is 1.69. The van der Waals surface area contributed by atoms with Gasteiger partial charge in [-0.2, -0.15) is 4.68 Å². The Hall–Kier alpha value is -2.12. The monoisotopic (exact) mass is 328 g/mol. The van der Waals surface area contributed by atoms with Crippen molar-refractivity contribution < 1.29 is 0 Å². The first kappa shape index (κ1) is 15.8. The van der Waals surface area contributed by atoms with Crippen LogP contribution in [-0.4, -0.2) is 43.7 Å². The van der Waals surface area contributed by atoms with Gasteiger partial charge in [-0.25, -0.2) is 4.98 Å². The van der Waals surface area contributed by atoms with Crippen molar-refractivity contribution in [2.24, 2.45) is 0 Å². The minimum atomic E-state index is 0.701. The molecule has 0 spiro atoms. The average molecular weight is 328 g/mol. The molecule has 23 heavy (non-hydrogen) atoms. The highest BCUT2D eigenvalue weighted by Gasteiger charge is 2.14. The normalized spacial score (nSPS) is 11.3. The zero-order chi connectivity index (χ0) is 16.2. The van der Waals surface area contributed by atoms with E-state index < -0.39 is 0 Å². The number of tetrazole rings is 1. The zero-order valence-corrected chi connectivity index (χ0v) is 14.4. The lowest BCUT2D eigenvalue weighted by atomic mass is 10.1. The summed E-state index contributed by atoms with van der Waals surface area (Å²) in [5.74, 6) is 0.851. The summed E-state index contributed by atoms with van der Waals surface area (Å²) in [6.07, 6.45) is 2.79. The first-order valence-electron chi connectivity index (χ1n) is 7.56. The van der Waals surface area contributed by atoms with Crippen LogP contribution in [0.1, 0.15) is 22.0 Å². The van der Waals surface area contributed by atoms with Crippen LogP contribution in [0.2, 0.25) is 0 Å². The molecular weight excluding hydrogens is 308 g/mol.